The fraction of sp³-hybridized carbons (Fsp3) is 0.467. The summed E-state index contributed by atoms with van der Waals surface area (Å²) in [7, 11) is 1.62. The maximum absolute atomic E-state index is 13.8. The molecule has 196 valence electrons. The van der Waals surface area contributed by atoms with Gasteiger partial charge < -0.3 is 23.9 Å². The highest BCUT2D eigenvalue weighted by Crippen LogP contribution is 2.47. The molecule has 7 nitrogen and oxygen atoms in total. The molecule has 2 aromatic rings. The van der Waals surface area contributed by atoms with Crippen LogP contribution in [0.3, 0.4) is 0 Å². The van der Waals surface area contributed by atoms with Crippen LogP contribution in [-0.2, 0) is 14.3 Å². The summed E-state index contributed by atoms with van der Waals surface area (Å²) in [5.41, 5.74) is 3.63. The Hall–Kier alpha value is -3.48. The molecule has 3 aliphatic rings. The van der Waals surface area contributed by atoms with Gasteiger partial charge in [0.25, 0.3) is 0 Å². The largest absolute Gasteiger partial charge is 0.493 e. The lowest BCUT2D eigenvalue weighted by Gasteiger charge is -2.36. The van der Waals surface area contributed by atoms with Gasteiger partial charge in [-0.25, -0.2) is 4.79 Å². The van der Waals surface area contributed by atoms with E-state index in [0.717, 1.165) is 42.7 Å². The number of ketones is 1. The first-order valence-corrected chi connectivity index (χ1v) is 13.2. The Labute approximate surface area is 217 Å². The van der Waals surface area contributed by atoms with Gasteiger partial charge in [-0.1, -0.05) is 6.07 Å². The number of Topliss-reactive ketones (excluding diaryl/α,β-unsaturated/α-hetero) is 1. The van der Waals surface area contributed by atoms with E-state index in [1.54, 1.807) is 7.11 Å². The van der Waals surface area contributed by atoms with Crippen molar-refractivity contribution in [2.45, 2.75) is 77.2 Å². The van der Waals surface area contributed by atoms with E-state index < -0.39 is 5.92 Å². The van der Waals surface area contributed by atoms with Crippen molar-refractivity contribution in [3.63, 3.8) is 0 Å². The summed E-state index contributed by atoms with van der Waals surface area (Å²) in [6.45, 7) is 6.22. The topological polar surface area (TPSA) is 87.0 Å². The first kappa shape index (κ1) is 25.2. The van der Waals surface area contributed by atoms with Crippen molar-refractivity contribution < 1.29 is 28.2 Å². The number of allylic oxidation sites excluding steroid dienone is 3. The summed E-state index contributed by atoms with van der Waals surface area (Å²) in [5, 5.41) is 3.41. The van der Waals surface area contributed by atoms with Crippen LogP contribution in [0.2, 0.25) is 0 Å². The molecule has 1 saturated carbocycles. The van der Waals surface area contributed by atoms with E-state index in [-0.39, 0.29) is 23.8 Å². The lowest BCUT2D eigenvalue weighted by atomic mass is 9.73. The normalized spacial score (nSPS) is 22.1. The number of carbonyl (C=O) groups is 2. The highest BCUT2D eigenvalue weighted by atomic mass is 16.5. The predicted octanol–water partition coefficient (Wildman–Crippen LogP) is 5.84. The van der Waals surface area contributed by atoms with Crippen LogP contribution >= 0.6 is 0 Å². The number of hydrogen-bond acceptors (Lipinski definition) is 7. The number of aryl methyl sites for hydroxylation is 1. The van der Waals surface area contributed by atoms with Gasteiger partial charge in [-0.15, -0.1) is 0 Å². The van der Waals surface area contributed by atoms with Gasteiger partial charge in [-0.3, -0.25) is 4.79 Å². The van der Waals surface area contributed by atoms with E-state index in [2.05, 4.69) is 5.32 Å². The third-order valence-electron chi connectivity index (χ3n) is 7.63. The molecule has 1 aromatic carbocycles. The molecule has 0 spiro atoms. The maximum atomic E-state index is 13.8. The minimum Gasteiger partial charge on any atom is -0.493 e. The van der Waals surface area contributed by atoms with Crippen molar-refractivity contribution in [2.75, 3.05) is 13.7 Å². The predicted molar refractivity (Wildman–Crippen MR) is 139 cm³/mol. The molecule has 0 bridgehead atoms. The third kappa shape index (κ3) is 4.91. The monoisotopic (exact) mass is 505 g/mol. The van der Waals surface area contributed by atoms with Crippen molar-refractivity contribution in [1.29, 1.82) is 0 Å². The molecular formula is C30H35NO6. The van der Waals surface area contributed by atoms with E-state index in [1.165, 1.54) is 0 Å². The van der Waals surface area contributed by atoms with Crippen molar-refractivity contribution in [2.24, 2.45) is 0 Å². The molecule has 2 atom stereocenters. The zero-order chi connectivity index (χ0) is 26.1. The number of ether oxygens (including phenoxy) is 3. The zero-order valence-electron chi connectivity index (χ0n) is 22.0. The Balaban J connectivity index is 1.49. The number of nitrogens with one attached hydrogen (secondary N) is 1. The van der Waals surface area contributed by atoms with E-state index in [0.29, 0.717) is 53.6 Å². The van der Waals surface area contributed by atoms with Gasteiger partial charge in [-0.05, 0) is 88.6 Å². The van der Waals surface area contributed by atoms with Gasteiger partial charge >= 0.3 is 5.97 Å². The van der Waals surface area contributed by atoms with Crippen LogP contribution in [0.25, 0.3) is 0 Å². The van der Waals surface area contributed by atoms with Gasteiger partial charge in [0.2, 0.25) is 0 Å². The van der Waals surface area contributed by atoms with Crippen molar-refractivity contribution in [1.82, 2.24) is 5.32 Å². The van der Waals surface area contributed by atoms with Crippen LogP contribution < -0.4 is 14.8 Å². The molecule has 1 aromatic heterocycles. The second-order valence-electron chi connectivity index (χ2n) is 10.1. The minimum atomic E-state index is -0.581. The summed E-state index contributed by atoms with van der Waals surface area (Å²) < 4.78 is 23.1. The van der Waals surface area contributed by atoms with Crippen LogP contribution in [0.1, 0.15) is 81.3 Å². The van der Waals surface area contributed by atoms with Crippen LogP contribution in [0.5, 0.6) is 11.5 Å². The summed E-state index contributed by atoms with van der Waals surface area (Å²) in [5.74, 6) is 1.70. The second-order valence-corrected chi connectivity index (χ2v) is 10.1. The Kier molecular flexibility index (Phi) is 7.13. The number of furan rings is 1. The lowest BCUT2D eigenvalue weighted by molar-refractivity contribution is -0.144. The molecule has 2 aliphatic carbocycles. The molecule has 37 heavy (non-hydrogen) atoms. The smallest absolute Gasteiger partial charge is 0.337 e. The van der Waals surface area contributed by atoms with Crippen LogP contribution in [0, 0.1) is 6.92 Å². The minimum absolute atomic E-state index is 0.00400. The Morgan fingerprint density at radius 1 is 1.08 bits per heavy atom. The zero-order valence-corrected chi connectivity index (χ0v) is 22.0. The second kappa shape index (κ2) is 10.5. The van der Waals surface area contributed by atoms with Crippen molar-refractivity contribution in [3.8, 4) is 11.5 Å². The first-order valence-electron chi connectivity index (χ1n) is 13.2. The molecule has 0 saturated heterocycles. The Bertz CT molecular complexity index is 1260. The number of hydrogen-bond donors (Lipinski definition) is 1. The average Bonchev–Trinajstić information content (AvgIpc) is 3.55. The van der Waals surface area contributed by atoms with E-state index in [9.17, 15) is 9.59 Å². The molecule has 1 fully saturated rings. The number of esters is 1. The quantitative estimate of drug-likeness (QED) is 0.473. The summed E-state index contributed by atoms with van der Waals surface area (Å²) in [6, 6.07) is 9.59. The van der Waals surface area contributed by atoms with Gasteiger partial charge in [0.15, 0.2) is 17.3 Å². The molecule has 1 N–H and O–H groups in total. The molecule has 2 heterocycles. The summed E-state index contributed by atoms with van der Waals surface area (Å²) in [6.07, 6.45) is 4.81. The molecule has 0 unspecified atom stereocenters. The van der Waals surface area contributed by atoms with Crippen LogP contribution in [0.15, 0.2) is 57.3 Å². The Morgan fingerprint density at radius 2 is 1.86 bits per heavy atom. The van der Waals surface area contributed by atoms with Gasteiger partial charge in [0.1, 0.15) is 17.6 Å². The fourth-order valence-corrected chi connectivity index (χ4v) is 5.87. The highest BCUT2D eigenvalue weighted by Gasteiger charge is 2.43. The molecule has 1 aliphatic heterocycles. The molecule has 5 rings (SSSR count). The molecule has 7 heteroatoms. The standard InChI is InChI=1S/C30H35NO6/c1-5-35-24-13-11-19(16-26(24)34-4)20-14-22-28(23(32)15-20)29(25-12-10-17(2)36-25)27(18(3)31-22)30(33)37-21-8-6-7-9-21/h10-13,16,20-21,29,31H,5-9,14-15H2,1-4H3/t20-,29+/m0/s1. The number of methoxy groups -OCH3 is 1. The number of carbonyl (C=O) groups excluding carboxylic acids is 2. The van der Waals surface area contributed by atoms with Gasteiger partial charge in [0.05, 0.1) is 25.2 Å². The summed E-state index contributed by atoms with van der Waals surface area (Å²) >= 11 is 0. The van der Waals surface area contributed by atoms with Crippen molar-refractivity contribution in [3.05, 3.63) is 70.0 Å². The first-order chi connectivity index (χ1) is 17.9. The van der Waals surface area contributed by atoms with E-state index in [1.807, 2.05) is 51.1 Å². The van der Waals surface area contributed by atoms with Crippen molar-refractivity contribution >= 4 is 11.8 Å². The Morgan fingerprint density at radius 3 is 2.54 bits per heavy atom. The molecule has 0 radical (unpaired) electrons. The fourth-order valence-electron chi connectivity index (χ4n) is 5.87. The highest BCUT2D eigenvalue weighted by molar-refractivity contribution is 6.04. The van der Waals surface area contributed by atoms with Crippen LogP contribution in [0.4, 0.5) is 0 Å². The SMILES string of the molecule is CCOc1ccc([C@@H]2CC(=O)C3=C(C2)NC(C)=C(C(=O)OC2CCCC2)[C@H]3c2ccc(C)o2)cc1OC. The number of rotatable bonds is 7. The number of dihydropyridines is 1. The van der Waals surface area contributed by atoms with E-state index >= 15 is 0 Å². The van der Waals surface area contributed by atoms with Crippen LogP contribution in [-0.4, -0.2) is 31.6 Å². The molecule has 0 amide bonds. The van der Waals surface area contributed by atoms with Gasteiger partial charge in [0, 0.05) is 23.4 Å². The maximum Gasteiger partial charge on any atom is 0.337 e. The molecular weight excluding hydrogens is 470 g/mol. The number of benzene rings is 1. The van der Waals surface area contributed by atoms with Gasteiger partial charge in [-0.2, -0.15) is 0 Å². The lowest BCUT2D eigenvalue weighted by Crippen LogP contribution is -2.36. The van der Waals surface area contributed by atoms with E-state index in [4.69, 9.17) is 18.6 Å². The summed E-state index contributed by atoms with van der Waals surface area (Å²) in [4.78, 5) is 27.2. The average molecular weight is 506 g/mol. The third-order valence-corrected chi connectivity index (χ3v) is 7.63.